The Balaban J connectivity index is 1.87. The van der Waals surface area contributed by atoms with Crippen molar-refractivity contribution in [3.8, 4) is 0 Å². The van der Waals surface area contributed by atoms with Crippen molar-refractivity contribution >= 4 is 17.3 Å². The molecule has 0 bridgehead atoms. The van der Waals surface area contributed by atoms with E-state index in [1.807, 2.05) is 11.3 Å². The van der Waals surface area contributed by atoms with E-state index >= 15 is 0 Å². The maximum atomic E-state index is 4.78. The SMILES string of the molecule is CCNC(=NCCc1cccs1)N1CCC(C)CC1. The first-order valence-corrected chi connectivity index (χ1v) is 8.23. The summed E-state index contributed by atoms with van der Waals surface area (Å²) >= 11 is 1.82. The van der Waals surface area contributed by atoms with Gasteiger partial charge in [0.05, 0.1) is 0 Å². The number of thiophene rings is 1. The van der Waals surface area contributed by atoms with E-state index in [9.17, 15) is 0 Å². The maximum Gasteiger partial charge on any atom is 0.193 e. The minimum Gasteiger partial charge on any atom is -0.357 e. The van der Waals surface area contributed by atoms with E-state index in [4.69, 9.17) is 4.99 Å². The Morgan fingerprint density at radius 2 is 2.26 bits per heavy atom. The van der Waals surface area contributed by atoms with Crippen LogP contribution < -0.4 is 5.32 Å². The van der Waals surface area contributed by atoms with Crippen LogP contribution in [0.1, 0.15) is 31.6 Å². The predicted molar refractivity (Wildman–Crippen MR) is 84.0 cm³/mol. The number of piperidine rings is 1. The smallest absolute Gasteiger partial charge is 0.193 e. The Morgan fingerprint density at radius 1 is 1.47 bits per heavy atom. The van der Waals surface area contributed by atoms with Crippen LogP contribution in [-0.2, 0) is 6.42 Å². The largest absolute Gasteiger partial charge is 0.357 e. The number of aliphatic imine (C=N–C) groups is 1. The van der Waals surface area contributed by atoms with Crippen molar-refractivity contribution in [3.05, 3.63) is 22.4 Å². The first-order chi connectivity index (χ1) is 9.29. The molecule has 1 aromatic rings. The molecule has 0 aliphatic carbocycles. The van der Waals surface area contributed by atoms with Gasteiger partial charge in [0.25, 0.3) is 0 Å². The summed E-state index contributed by atoms with van der Waals surface area (Å²) in [5, 5.41) is 5.56. The molecule has 106 valence electrons. The molecule has 0 aromatic carbocycles. The van der Waals surface area contributed by atoms with E-state index in [0.717, 1.165) is 44.5 Å². The van der Waals surface area contributed by atoms with Gasteiger partial charge in [-0.1, -0.05) is 13.0 Å². The summed E-state index contributed by atoms with van der Waals surface area (Å²) in [6.07, 6.45) is 3.63. The van der Waals surface area contributed by atoms with E-state index in [1.165, 1.54) is 17.7 Å². The summed E-state index contributed by atoms with van der Waals surface area (Å²) in [7, 11) is 0. The second-order valence-electron chi connectivity index (χ2n) is 5.23. The van der Waals surface area contributed by atoms with Crippen molar-refractivity contribution < 1.29 is 0 Å². The summed E-state index contributed by atoms with van der Waals surface area (Å²) in [6, 6.07) is 4.30. The highest BCUT2D eigenvalue weighted by molar-refractivity contribution is 7.09. The first kappa shape index (κ1) is 14.4. The molecule has 0 atom stereocenters. The van der Waals surface area contributed by atoms with Crippen LogP contribution in [0.2, 0.25) is 0 Å². The van der Waals surface area contributed by atoms with Crippen molar-refractivity contribution in [2.75, 3.05) is 26.2 Å². The summed E-state index contributed by atoms with van der Waals surface area (Å²) < 4.78 is 0. The molecule has 1 N–H and O–H groups in total. The fourth-order valence-electron chi connectivity index (χ4n) is 2.37. The number of hydrogen-bond donors (Lipinski definition) is 1. The molecule has 2 heterocycles. The van der Waals surface area contributed by atoms with Gasteiger partial charge in [0.2, 0.25) is 0 Å². The van der Waals surface area contributed by atoms with Gasteiger partial charge < -0.3 is 10.2 Å². The molecule has 0 amide bonds. The molecule has 1 fully saturated rings. The second kappa shape index (κ2) is 7.53. The van der Waals surface area contributed by atoms with Crippen LogP contribution in [0.15, 0.2) is 22.5 Å². The topological polar surface area (TPSA) is 27.6 Å². The standard InChI is InChI=1S/C15H25N3S/c1-3-16-15(18-10-7-13(2)8-11-18)17-9-6-14-5-4-12-19-14/h4-5,12-13H,3,6-11H2,1-2H3,(H,16,17). The van der Waals surface area contributed by atoms with E-state index < -0.39 is 0 Å². The Hall–Kier alpha value is -1.03. The fourth-order valence-corrected chi connectivity index (χ4v) is 3.07. The van der Waals surface area contributed by atoms with Crippen molar-refractivity contribution in [2.24, 2.45) is 10.9 Å². The summed E-state index contributed by atoms with van der Waals surface area (Å²) in [5.74, 6) is 1.97. The van der Waals surface area contributed by atoms with Crippen LogP contribution in [0.5, 0.6) is 0 Å². The minimum absolute atomic E-state index is 0.866. The van der Waals surface area contributed by atoms with Gasteiger partial charge in [0.15, 0.2) is 5.96 Å². The van der Waals surface area contributed by atoms with Crippen LogP contribution in [0.25, 0.3) is 0 Å². The summed E-state index contributed by atoms with van der Waals surface area (Å²) in [6.45, 7) is 8.61. The Bertz CT molecular complexity index is 378. The van der Waals surface area contributed by atoms with E-state index in [1.54, 1.807) is 0 Å². The third-order valence-electron chi connectivity index (χ3n) is 3.62. The number of likely N-dealkylation sites (tertiary alicyclic amines) is 1. The minimum atomic E-state index is 0.866. The molecular formula is C15H25N3S. The monoisotopic (exact) mass is 279 g/mol. The summed E-state index contributed by atoms with van der Waals surface area (Å²) in [5.41, 5.74) is 0. The van der Waals surface area contributed by atoms with Crippen molar-refractivity contribution in [1.82, 2.24) is 10.2 Å². The molecule has 1 aromatic heterocycles. The van der Waals surface area contributed by atoms with E-state index in [0.29, 0.717) is 0 Å². The number of rotatable bonds is 4. The van der Waals surface area contributed by atoms with Gasteiger partial charge in [0.1, 0.15) is 0 Å². The average Bonchev–Trinajstić information content (AvgIpc) is 2.92. The van der Waals surface area contributed by atoms with Crippen LogP contribution in [0, 0.1) is 5.92 Å². The Kier molecular flexibility index (Phi) is 5.70. The molecule has 0 spiro atoms. The summed E-state index contributed by atoms with van der Waals surface area (Å²) in [4.78, 5) is 8.61. The lowest BCUT2D eigenvalue weighted by atomic mass is 10.00. The fraction of sp³-hybridized carbons (Fsp3) is 0.667. The number of nitrogens with one attached hydrogen (secondary N) is 1. The Labute approximate surface area is 120 Å². The van der Waals surface area contributed by atoms with Crippen LogP contribution in [-0.4, -0.2) is 37.0 Å². The lowest BCUT2D eigenvalue weighted by Gasteiger charge is -2.33. The maximum absolute atomic E-state index is 4.78. The lowest BCUT2D eigenvalue weighted by molar-refractivity contribution is 0.273. The highest BCUT2D eigenvalue weighted by Crippen LogP contribution is 2.16. The molecule has 4 heteroatoms. The number of nitrogens with zero attached hydrogens (tertiary/aromatic N) is 2. The quantitative estimate of drug-likeness (QED) is 0.678. The molecule has 3 nitrogen and oxygen atoms in total. The van der Waals surface area contributed by atoms with Crippen LogP contribution >= 0.6 is 11.3 Å². The second-order valence-corrected chi connectivity index (χ2v) is 6.27. The predicted octanol–water partition coefficient (Wildman–Crippen LogP) is 2.99. The third-order valence-corrected chi connectivity index (χ3v) is 4.55. The number of guanidine groups is 1. The molecule has 0 saturated carbocycles. The zero-order valence-corrected chi connectivity index (χ0v) is 12.9. The lowest BCUT2D eigenvalue weighted by Crippen LogP contribution is -2.45. The molecule has 1 aliphatic heterocycles. The van der Waals surface area contributed by atoms with Crippen molar-refractivity contribution in [3.63, 3.8) is 0 Å². The van der Waals surface area contributed by atoms with Gasteiger partial charge >= 0.3 is 0 Å². The molecule has 1 aliphatic rings. The third kappa shape index (κ3) is 4.53. The zero-order chi connectivity index (χ0) is 13.5. The van der Waals surface area contributed by atoms with E-state index in [2.05, 4.69) is 41.6 Å². The van der Waals surface area contributed by atoms with Crippen LogP contribution in [0.3, 0.4) is 0 Å². The normalized spacial score (nSPS) is 17.8. The molecular weight excluding hydrogens is 254 g/mol. The van der Waals surface area contributed by atoms with Crippen molar-refractivity contribution in [1.29, 1.82) is 0 Å². The highest BCUT2D eigenvalue weighted by Gasteiger charge is 2.18. The number of hydrogen-bond acceptors (Lipinski definition) is 2. The molecule has 0 unspecified atom stereocenters. The van der Waals surface area contributed by atoms with Gasteiger partial charge in [-0.2, -0.15) is 0 Å². The van der Waals surface area contributed by atoms with Crippen LogP contribution in [0.4, 0.5) is 0 Å². The van der Waals surface area contributed by atoms with Gasteiger partial charge in [0, 0.05) is 37.5 Å². The zero-order valence-electron chi connectivity index (χ0n) is 12.1. The first-order valence-electron chi connectivity index (χ1n) is 7.35. The highest BCUT2D eigenvalue weighted by atomic mass is 32.1. The average molecular weight is 279 g/mol. The van der Waals surface area contributed by atoms with Gasteiger partial charge in [-0.05, 0) is 37.1 Å². The van der Waals surface area contributed by atoms with Gasteiger partial charge in [-0.15, -0.1) is 11.3 Å². The molecule has 2 rings (SSSR count). The van der Waals surface area contributed by atoms with Crippen molar-refractivity contribution in [2.45, 2.75) is 33.1 Å². The molecule has 1 saturated heterocycles. The van der Waals surface area contributed by atoms with E-state index in [-0.39, 0.29) is 0 Å². The Morgan fingerprint density at radius 3 is 2.89 bits per heavy atom. The molecule has 0 radical (unpaired) electrons. The molecule has 19 heavy (non-hydrogen) atoms. The van der Waals surface area contributed by atoms with Gasteiger partial charge in [-0.25, -0.2) is 0 Å². The van der Waals surface area contributed by atoms with Gasteiger partial charge in [-0.3, -0.25) is 4.99 Å².